The first kappa shape index (κ1) is 15.5. The van der Waals surface area contributed by atoms with E-state index in [1.165, 1.54) is 0 Å². The SMILES string of the molecule is CS(=O)(=O)NC[C@@H]1OC[C@@H]2CN(C(=O)c3ccc[nH]3)CC[C@@H]21. The molecule has 7 nitrogen and oxygen atoms in total. The van der Waals surface area contributed by atoms with Crippen molar-refractivity contribution < 1.29 is 17.9 Å². The first-order valence-corrected chi connectivity index (χ1v) is 9.32. The van der Waals surface area contributed by atoms with Gasteiger partial charge in [-0.05, 0) is 24.5 Å². The van der Waals surface area contributed by atoms with Gasteiger partial charge in [0.15, 0.2) is 0 Å². The highest BCUT2D eigenvalue weighted by Gasteiger charge is 2.42. The number of aromatic nitrogens is 1. The number of carbonyl (C=O) groups excluding carboxylic acids is 1. The lowest BCUT2D eigenvalue weighted by atomic mass is 9.84. The van der Waals surface area contributed by atoms with Crippen molar-refractivity contribution >= 4 is 15.9 Å². The number of nitrogens with zero attached hydrogens (tertiary/aromatic N) is 1. The Kier molecular flexibility index (Phi) is 4.24. The average Bonchev–Trinajstić information content (AvgIpc) is 3.12. The molecule has 0 aliphatic carbocycles. The summed E-state index contributed by atoms with van der Waals surface area (Å²) in [6.07, 6.45) is 3.64. The third kappa shape index (κ3) is 3.34. The lowest BCUT2D eigenvalue weighted by Gasteiger charge is -2.35. The quantitative estimate of drug-likeness (QED) is 0.817. The molecule has 0 radical (unpaired) electrons. The number of hydrogen-bond donors (Lipinski definition) is 2. The van der Waals surface area contributed by atoms with Crippen LogP contribution in [0.3, 0.4) is 0 Å². The maximum atomic E-state index is 12.4. The number of aromatic amines is 1. The number of likely N-dealkylation sites (tertiary alicyclic amines) is 1. The van der Waals surface area contributed by atoms with Crippen LogP contribution >= 0.6 is 0 Å². The van der Waals surface area contributed by atoms with Gasteiger partial charge in [-0.25, -0.2) is 13.1 Å². The minimum absolute atomic E-state index is 0.0150. The molecular formula is C14H21N3O4S. The Balaban J connectivity index is 1.58. The fourth-order valence-corrected chi connectivity index (χ4v) is 3.82. The molecule has 1 amide bonds. The highest BCUT2D eigenvalue weighted by molar-refractivity contribution is 7.88. The predicted molar refractivity (Wildman–Crippen MR) is 80.9 cm³/mol. The maximum Gasteiger partial charge on any atom is 0.270 e. The van der Waals surface area contributed by atoms with E-state index in [0.717, 1.165) is 12.7 Å². The molecule has 3 heterocycles. The fourth-order valence-electron chi connectivity index (χ4n) is 3.35. The summed E-state index contributed by atoms with van der Waals surface area (Å²) in [4.78, 5) is 17.1. The van der Waals surface area contributed by atoms with E-state index < -0.39 is 10.0 Å². The standard InChI is InChI=1S/C14H21N3O4S/c1-22(19,20)16-7-13-11-4-6-17(8-10(11)9-21-13)14(18)12-3-2-5-15-12/h2-3,5,10-11,13,15-16H,4,6-9H2,1H3/t10-,11-,13-/m0/s1. The van der Waals surface area contributed by atoms with Crippen molar-refractivity contribution in [1.29, 1.82) is 0 Å². The molecule has 3 atom stereocenters. The van der Waals surface area contributed by atoms with E-state index in [2.05, 4.69) is 9.71 Å². The molecule has 0 saturated carbocycles. The summed E-state index contributed by atoms with van der Waals surface area (Å²) in [7, 11) is -3.20. The van der Waals surface area contributed by atoms with Crippen molar-refractivity contribution in [2.24, 2.45) is 11.8 Å². The highest BCUT2D eigenvalue weighted by atomic mass is 32.2. The summed E-state index contributed by atoms with van der Waals surface area (Å²) >= 11 is 0. The smallest absolute Gasteiger partial charge is 0.270 e. The molecule has 1 aromatic heterocycles. The number of piperidine rings is 1. The molecule has 2 N–H and O–H groups in total. The fraction of sp³-hybridized carbons (Fsp3) is 0.643. The summed E-state index contributed by atoms with van der Waals surface area (Å²) in [6.45, 7) is 2.23. The van der Waals surface area contributed by atoms with Gasteiger partial charge in [0.2, 0.25) is 10.0 Å². The van der Waals surface area contributed by atoms with Gasteiger partial charge in [0, 0.05) is 31.7 Å². The van der Waals surface area contributed by atoms with Gasteiger partial charge in [-0.15, -0.1) is 0 Å². The first-order chi connectivity index (χ1) is 10.4. The molecule has 8 heteroatoms. The molecule has 2 aliphatic heterocycles. The number of amides is 1. The average molecular weight is 327 g/mol. The van der Waals surface area contributed by atoms with Crippen LogP contribution in [0.4, 0.5) is 0 Å². The van der Waals surface area contributed by atoms with Crippen molar-refractivity contribution in [2.75, 3.05) is 32.5 Å². The maximum absolute atomic E-state index is 12.4. The van der Waals surface area contributed by atoms with E-state index in [9.17, 15) is 13.2 Å². The lowest BCUT2D eigenvalue weighted by molar-refractivity contribution is 0.0611. The van der Waals surface area contributed by atoms with E-state index in [1.807, 2.05) is 11.0 Å². The molecule has 22 heavy (non-hydrogen) atoms. The van der Waals surface area contributed by atoms with Gasteiger partial charge in [-0.3, -0.25) is 4.79 Å². The van der Waals surface area contributed by atoms with Gasteiger partial charge in [0.1, 0.15) is 5.69 Å². The number of rotatable bonds is 4. The van der Waals surface area contributed by atoms with Crippen molar-refractivity contribution in [1.82, 2.24) is 14.6 Å². The van der Waals surface area contributed by atoms with Crippen LogP contribution in [-0.2, 0) is 14.8 Å². The number of carbonyl (C=O) groups is 1. The molecule has 2 fully saturated rings. The second-order valence-electron chi connectivity index (χ2n) is 6.04. The Morgan fingerprint density at radius 2 is 2.36 bits per heavy atom. The zero-order valence-electron chi connectivity index (χ0n) is 12.5. The van der Waals surface area contributed by atoms with Crippen molar-refractivity contribution in [3.63, 3.8) is 0 Å². The van der Waals surface area contributed by atoms with Gasteiger partial charge in [0.25, 0.3) is 5.91 Å². The Morgan fingerprint density at radius 1 is 1.55 bits per heavy atom. The van der Waals surface area contributed by atoms with Crippen LogP contribution in [-0.4, -0.2) is 62.8 Å². The van der Waals surface area contributed by atoms with Crippen molar-refractivity contribution in [3.8, 4) is 0 Å². The van der Waals surface area contributed by atoms with Crippen molar-refractivity contribution in [2.45, 2.75) is 12.5 Å². The van der Waals surface area contributed by atoms with Crippen LogP contribution in [0.15, 0.2) is 18.3 Å². The van der Waals surface area contributed by atoms with E-state index >= 15 is 0 Å². The number of fused-ring (bicyclic) bond motifs is 1. The van der Waals surface area contributed by atoms with Gasteiger partial charge < -0.3 is 14.6 Å². The van der Waals surface area contributed by atoms with Gasteiger partial charge >= 0.3 is 0 Å². The lowest BCUT2D eigenvalue weighted by Crippen LogP contribution is -2.46. The summed E-state index contributed by atoms with van der Waals surface area (Å²) < 4.78 is 30.7. The number of hydrogen-bond acceptors (Lipinski definition) is 4. The van der Waals surface area contributed by atoms with Crippen LogP contribution in [0.25, 0.3) is 0 Å². The second-order valence-corrected chi connectivity index (χ2v) is 7.87. The monoisotopic (exact) mass is 327 g/mol. The first-order valence-electron chi connectivity index (χ1n) is 7.43. The number of nitrogens with one attached hydrogen (secondary N) is 2. The largest absolute Gasteiger partial charge is 0.376 e. The molecule has 2 saturated heterocycles. The van der Waals surface area contributed by atoms with Crippen LogP contribution in [0.5, 0.6) is 0 Å². The van der Waals surface area contributed by atoms with Crippen LogP contribution in [0.2, 0.25) is 0 Å². The van der Waals surface area contributed by atoms with E-state index in [4.69, 9.17) is 4.74 Å². The summed E-state index contributed by atoms with van der Waals surface area (Å²) in [5.41, 5.74) is 0.604. The van der Waals surface area contributed by atoms with Crippen LogP contribution < -0.4 is 4.72 Å². The van der Waals surface area contributed by atoms with Crippen LogP contribution in [0, 0.1) is 11.8 Å². The molecule has 0 spiro atoms. The van der Waals surface area contributed by atoms with E-state index in [1.54, 1.807) is 12.3 Å². The number of sulfonamides is 1. The second kappa shape index (κ2) is 6.02. The Hall–Kier alpha value is -1.38. The van der Waals surface area contributed by atoms with Gasteiger partial charge in [-0.2, -0.15) is 0 Å². The zero-order valence-corrected chi connectivity index (χ0v) is 13.3. The Bertz CT molecular complexity index is 629. The zero-order chi connectivity index (χ0) is 15.7. The summed E-state index contributed by atoms with van der Waals surface area (Å²) in [6, 6.07) is 3.59. The molecule has 2 aliphatic rings. The summed E-state index contributed by atoms with van der Waals surface area (Å²) in [5.74, 6) is 0.599. The van der Waals surface area contributed by atoms with Crippen LogP contribution in [0.1, 0.15) is 16.9 Å². The topological polar surface area (TPSA) is 91.5 Å². The van der Waals surface area contributed by atoms with Crippen molar-refractivity contribution in [3.05, 3.63) is 24.0 Å². The number of H-pyrrole nitrogens is 1. The molecule has 0 unspecified atom stereocenters. The Labute approximate surface area is 130 Å². The third-order valence-electron chi connectivity index (χ3n) is 4.46. The minimum Gasteiger partial charge on any atom is -0.376 e. The van der Waals surface area contributed by atoms with E-state index in [-0.39, 0.29) is 17.9 Å². The predicted octanol–water partition coefficient (Wildman–Crippen LogP) is 0.0410. The van der Waals surface area contributed by atoms with Gasteiger partial charge in [0.05, 0.1) is 19.0 Å². The molecule has 0 aromatic carbocycles. The van der Waals surface area contributed by atoms with Gasteiger partial charge in [-0.1, -0.05) is 0 Å². The van der Waals surface area contributed by atoms with E-state index in [0.29, 0.717) is 37.9 Å². The molecule has 0 bridgehead atoms. The molecular weight excluding hydrogens is 306 g/mol. The summed E-state index contributed by atoms with van der Waals surface area (Å²) in [5, 5.41) is 0. The normalized spacial score (nSPS) is 28.6. The molecule has 3 rings (SSSR count). The molecule has 1 aromatic rings. The molecule has 122 valence electrons. The minimum atomic E-state index is -3.20. The number of ether oxygens (including phenoxy) is 1. The highest BCUT2D eigenvalue weighted by Crippen LogP contribution is 2.34. The Morgan fingerprint density at radius 3 is 3.05 bits per heavy atom. The third-order valence-corrected chi connectivity index (χ3v) is 5.15.